The standard InChI is InChI=1S/C14H22ClNO/c1-10-8-12(6-7-13(10)15)17-11(2)9-16-14(3,4)5/h6-8,11,16H,9H2,1-5H3. The Balaban J connectivity index is 2.50. The highest BCUT2D eigenvalue weighted by molar-refractivity contribution is 6.31. The Labute approximate surface area is 109 Å². The second-order valence-electron chi connectivity index (χ2n) is 5.47. The van der Waals surface area contributed by atoms with E-state index < -0.39 is 0 Å². The monoisotopic (exact) mass is 255 g/mol. The maximum absolute atomic E-state index is 5.97. The van der Waals surface area contributed by atoms with Gasteiger partial charge in [-0.3, -0.25) is 0 Å². The number of aryl methyl sites for hydroxylation is 1. The quantitative estimate of drug-likeness (QED) is 0.884. The fraction of sp³-hybridized carbons (Fsp3) is 0.571. The first-order valence-corrected chi connectivity index (χ1v) is 6.33. The van der Waals surface area contributed by atoms with Crippen molar-refractivity contribution in [3.8, 4) is 5.75 Å². The molecule has 1 atom stereocenters. The summed E-state index contributed by atoms with van der Waals surface area (Å²) in [6.07, 6.45) is 0.134. The number of rotatable bonds is 4. The van der Waals surface area contributed by atoms with Crippen molar-refractivity contribution in [2.45, 2.75) is 46.3 Å². The fourth-order valence-corrected chi connectivity index (χ4v) is 1.53. The highest BCUT2D eigenvalue weighted by atomic mass is 35.5. The van der Waals surface area contributed by atoms with E-state index in [9.17, 15) is 0 Å². The first-order valence-electron chi connectivity index (χ1n) is 5.96. The summed E-state index contributed by atoms with van der Waals surface area (Å²) in [5, 5.41) is 4.19. The molecule has 1 N–H and O–H groups in total. The van der Waals surface area contributed by atoms with Crippen molar-refractivity contribution in [1.82, 2.24) is 5.32 Å². The minimum Gasteiger partial charge on any atom is -0.489 e. The summed E-state index contributed by atoms with van der Waals surface area (Å²) in [5.74, 6) is 0.870. The van der Waals surface area contributed by atoms with Gasteiger partial charge in [-0.1, -0.05) is 11.6 Å². The average Bonchev–Trinajstić information content (AvgIpc) is 2.20. The molecule has 0 saturated heterocycles. The van der Waals surface area contributed by atoms with Gasteiger partial charge in [0.05, 0.1) is 0 Å². The Bertz CT molecular complexity index is 371. The van der Waals surface area contributed by atoms with Crippen molar-refractivity contribution in [1.29, 1.82) is 0 Å². The zero-order valence-electron chi connectivity index (χ0n) is 11.3. The third kappa shape index (κ3) is 5.42. The van der Waals surface area contributed by atoms with Crippen LogP contribution < -0.4 is 10.1 Å². The molecule has 3 heteroatoms. The fourth-order valence-electron chi connectivity index (χ4n) is 1.41. The normalized spacial score (nSPS) is 13.5. The van der Waals surface area contributed by atoms with E-state index in [1.165, 1.54) is 0 Å². The lowest BCUT2D eigenvalue weighted by atomic mass is 10.1. The highest BCUT2D eigenvalue weighted by Crippen LogP contribution is 2.21. The van der Waals surface area contributed by atoms with Crippen LogP contribution in [0.1, 0.15) is 33.3 Å². The van der Waals surface area contributed by atoms with Crippen molar-refractivity contribution in [3.63, 3.8) is 0 Å². The van der Waals surface area contributed by atoms with Crippen molar-refractivity contribution in [2.75, 3.05) is 6.54 Å². The molecular weight excluding hydrogens is 234 g/mol. The first kappa shape index (κ1) is 14.3. The number of nitrogens with one attached hydrogen (secondary N) is 1. The molecule has 0 aromatic heterocycles. The molecule has 0 heterocycles. The number of hydrogen-bond donors (Lipinski definition) is 1. The maximum Gasteiger partial charge on any atom is 0.120 e. The predicted octanol–water partition coefficient (Wildman–Crippen LogP) is 3.80. The molecule has 1 aromatic carbocycles. The summed E-state index contributed by atoms with van der Waals surface area (Å²) in [7, 11) is 0. The molecule has 0 aliphatic heterocycles. The molecule has 0 radical (unpaired) electrons. The van der Waals surface area contributed by atoms with E-state index in [0.29, 0.717) is 0 Å². The molecule has 17 heavy (non-hydrogen) atoms. The van der Waals surface area contributed by atoms with Crippen LogP contribution in [0, 0.1) is 6.92 Å². The predicted molar refractivity (Wildman–Crippen MR) is 74.0 cm³/mol. The molecule has 0 aliphatic carbocycles. The van der Waals surface area contributed by atoms with Gasteiger partial charge in [0.2, 0.25) is 0 Å². The van der Waals surface area contributed by atoms with Gasteiger partial charge in [-0.05, 0) is 58.4 Å². The lowest BCUT2D eigenvalue weighted by Gasteiger charge is -2.24. The molecule has 1 rings (SSSR count). The summed E-state index contributed by atoms with van der Waals surface area (Å²) in [4.78, 5) is 0. The Hall–Kier alpha value is -0.730. The number of halogens is 1. The van der Waals surface area contributed by atoms with Gasteiger partial charge in [-0.2, -0.15) is 0 Å². The van der Waals surface area contributed by atoms with Crippen LogP contribution in [0.4, 0.5) is 0 Å². The van der Waals surface area contributed by atoms with Crippen LogP contribution in [-0.2, 0) is 0 Å². The van der Waals surface area contributed by atoms with Crippen LogP contribution >= 0.6 is 11.6 Å². The van der Waals surface area contributed by atoms with Crippen LogP contribution in [0.5, 0.6) is 5.75 Å². The van der Waals surface area contributed by atoms with Gasteiger partial charge >= 0.3 is 0 Å². The van der Waals surface area contributed by atoms with Crippen LogP contribution in [0.2, 0.25) is 5.02 Å². The molecule has 1 aromatic rings. The van der Waals surface area contributed by atoms with Crippen LogP contribution in [0.3, 0.4) is 0 Å². The van der Waals surface area contributed by atoms with Gasteiger partial charge < -0.3 is 10.1 Å². The van der Waals surface area contributed by atoms with E-state index >= 15 is 0 Å². The summed E-state index contributed by atoms with van der Waals surface area (Å²) < 4.78 is 5.82. The molecule has 2 nitrogen and oxygen atoms in total. The molecule has 0 bridgehead atoms. The van der Waals surface area contributed by atoms with Gasteiger partial charge in [-0.15, -0.1) is 0 Å². The third-order valence-electron chi connectivity index (χ3n) is 2.39. The lowest BCUT2D eigenvalue weighted by Crippen LogP contribution is -2.41. The summed E-state index contributed by atoms with van der Waals surface area (Å²) >= 11 is 5.97. The Morgan fingerprint density at radius 2 is 2.00 bits per heavy atom. The van der Waals surface area contributed by atoms with Gasteiger partial charge in [0.15, 0.2) is 0 Å². The average molecular weight is 256 g/mol. The van der Waals surface area contributed by atoms with Crippen molar-refractivity contribution in [2.24, 2.45) is 0 Å². The van der Waals surface area contributed by atoms with Gasteiger partial charge in [-0.25, -0.2) is 0 Å². The van der Waals surface area contributed by atoms with Crippen LogP contribution in [0.25, 0.3) is 0 Å². The largest absolute Gasteiger partial charge is 0.489 e. The molecule has 1 unspecified atom stereocenters. The second-order valence-corrected chi connectivity index (χ2v) is 5.88. The molecule has 96 valence electrons. The van der Waals surface area contributed by atoms with E-state index in [0.717, 1.165) is 22.9 Å². The number of hydrogen-bond acceptors (Lipinski definition) is 2. The minimum absolute atomic E-state index is 0.119. The van der Waals surface area contributed by atoms with E-state index in [-0.39, 0.29) is 11.6 Å². The summed E-state index contributed by atoms with van der Waals surface area (Å²) in [6, 6.07) is 5.75. The third-order valence-corrected chi connectivity index (χ3v) is 2.81. The van der Waals surface area contributed by atoms with Crippen molar-refractivity contribution in [3.05, 3.63) is 28.8 Å². The Morgan fingerprint density at radius 3 is 2.53 bits per heavy atom. The van der Waals surface area contributed by atoms with Crippen LogP contribution in [0.15, 0.2) is 18.2 Å². The Morgan fingerprint density at radius 1 is 1.35 bits per heavy atom. The molecule has 0 aliphatic rings. The molecule has 0 amide bonds. The van der Waals surface area contributed by atoms with E-state index in [1.807, 2.05) is 25.1 Å². The van der Waals surface area contributed by atoms with E-state index in [4.69, 9.17) is 16.3 Å². The summed E-state index contributed by atoms with van der Waals surface area (Å²) in [5.41, 5.74) is 1.16. The summed E-state index contributed by atoms with van der Waals surface area (Å²) in [6.45, 7) is 11.3. The van der Waals surface area contributed by atoms with Gasteiger partial charge in [0, 0.05) is 17.1 Å². The van der Waals surface area contributed by atoms with Crippen molar-refractivity contribution < 1.29 is 4.74 Å². The number of ether oxygens (including phenoxy) is 1. The molecule has 0 spiro atoms. The Kier molecular flexibility index (Phi) is 4.84. The topological polar surface area (TPSA) is 21.3 Å². The maximum atomic E-state index is 5.97. The first-order chi connectivity index (χ1) is 7.78. The van der Waals surface area contributed by atoms with Gasteiger partial charge in [0.1, 0.15) is 11.9 Å². The zero-order chi connectivity index (χ0) is 13.1. The lowest BCUT2D eigenvalue weighted by molar-refractivity contribution is 0.203. The second kappa shape index (κ2) is 5.74. The molecular formula is C14H22ClNO. The number of benzene rings is 1. The van der Waals surface area contributed by atoms with Crippen molar-refractivity contribution >= 4 is 11.6 Å². The SMILES string of the molecule is Cc1cc(OC(C)CNC(C)(C)C)ccc1Cl. The van der Waals surface area contributed by atoms with Crippen LogP contribution in [-0.4, -0.2) is 18.2 Å². The minimum atomic E-state index is 0.119. The van der Waals surface area contributed by atoms with E-state index in [2.05, 4.69) is 33.0 Å². The molecule has 0 saturated carbocycles. The zero-order valence-corrected chi connectivity index (χ0v) is 12.1. The molecule has 0 fully saturated rings. The smallest absolute Gasteiger partial charge is 0.120 e. The van der Waals surface area contributed by atoms with E-state index in [1.54, 1.807) is 0 Å². The highest BCUT2D eigenvalue weighted by Gasteiger charge is 2.12. The van der Waals surface area contributed by atoms with Gasteiger partial charge in [0.25, 0.3) is 0 Å².